The smallest absolute Gasteiger partial charge is 0.181 e. The van der Waals surface area contributed by atoms with Crippen LogP contribution in [0.3, 0.4) is 0 Å². The summed E-state index contributed by atoms with van der Waals surface area (Å²) < 4.78 is 14.8. The van der Waals surface area contributed by atoms with Crippen molar-refractivity contribution in [2.75, 3.05) is 18.0 Å². The largest absolute Gasteiger partial charge is 0.355 e. The summed E-state index contributed by atoms with van der Waals surface area (Å²) >= 11 is 0. The summed E-state index contributed by atoms with van der Waals surface area (Å²) in [5, 5.41) is 17.2. The molecule has 0 aromatic carbocycles. The fraction of sp³-hybridized carbons (Fsp3) is 0.400. The quantitative estimate of drug-likeness (QED) is 0.722. The predicted molar refractivity (Wildman–Crippen MR) is 105 cm³/mol. The average molecular weight is 379 g/mol. The van der Waals surface area contributed by atoms with E-state index in [-0.39, 0.29) is 17.3 Å². The summed E-state index contributed by atoms with van der Waals surface area (Å²) in [6, 6.07) is 6.98. The third-order valence-corrected chi connectivity index (χ3v) is 5.48. The number of rotatable bonds is 4. The van der Waals surface area contributed by atoms with E-state index in [9.17, 15) is 9.65 Å². The highest BCUT2D eigenvalue weighted by molar-refractivity contribution is 5.90. The van der Waals surface area contributed by atoms with Crippen LogP contribution in [-0.2, 0) is 0 Å². The molecule has 3 aromatic heterocycles. The Labute approximate surface area is 162 Å². The molecule has 4 rings (SSSR count). The SMILES string of the molecule is CC(C)C(N)[C@H]1CCN(c2nc(-c3[nH]nc4ncccc34)c(F)cc2C#N)C1. The highest BCUT2D eigenvalue weighted by Crippen LogP contribution is 2.33. The highest BCUT2D eigenvalue weighted by Gasteiger charge is 2.31. The van der Waals surface area contributed by atoms with Crippen LogP contribution in [0.5, 0.6) is 0 Å². The molecule has 1 saturated heterocycles. The van der Waals surface area contributed by atoms with E-state index >= 15 is 0 Å². The van der Waals surface area contributed by atoms with Crippen molar-refractivity contribution in [3.63, 3.8) is 0 Å². The average Bonchev–Trinajstić information content (AvgIpc) is 3.34. The molecule has 0 amide bonds. The van der Waals surface area contributed by atoms with E-state index in [1.54, 1.807) is 12.3 Å². The summed E-state index contributed by atoms with van der Waals surface area (Å²) in [5.74, 6) is 0.619. The molecule has 0 saturated carbocycles. The maximum Gasteiger partial charge on any atom is 0.181 e. The Hall–Kier alpha value is -3.05. The number of anilines is 1. The van der Waals surface area contributed by atoms with Crippen LogP contribution in [-0.4, -0.2) is 39.3 Å². The minimum atomic E-state index is -0.565. The maximum atomic E-state index is 14.8. The summed E-state index contributed by atoms with van der Waals surface area (Å²) in [6.07, 6.45) is 2.55. The fourth-order valence-corrected chi connectivity index (χ4v) is 3.85. The molecule has 8 heteroatoms. The first-order valence-corrected chi connectivity index (χ1v) is 9.40. The van der Waals surface area contributed by atoms with Crippen molar-refractivity contribution in [3.8, 4) is 17.5 Å². The van der Waals surface area contributed by atoms with Gasteiger partial charge in [0.1, 0.15) is 17.6 Å². The van der Waals surface area contributed by atoms with Gasteiger partial charge in [0.15, 0.2) is 11.5 Å². The number of hydrogen-bond donors (Lipinski definition) is 2. The van der Waals surface area contributed by atoms with Gasteiger partial charge in [-0.1, -0.05) is 13.8 Å². The molecule has 1 unspecified atom stereocenters. The van der Waals surface area contributed by atoms with Crippen molar-refractivity contribution in [1.29, 1.82) is 5.26 Å². The Morgan fingerprint density at radius 3 is 3.00 bits per heavy atom. The van der Waals surface area contributed by atoms with Gasteiger partial charge in [0.05, 0.1) is 11.3 Å². The number of nitrogens with two attached hydrogens (primary N) is 1. The fourth-order valence-electron chi connectivity index (χ4n) is 3.85. The van der Waals surface area contributed by atoms with Gasteiger partial charge in [-0.15, -0.1) is 0 Å². The van der Waals surface area contributed by atoms with Gasteiger partial charge in [0, 0.05) is 30.7 Å². The summed E-state index contributed by atoms with van der Waals surface area (Å²) in [6.45, 7) is 5.67. The third-order valence-electron chi connectivity index (χ3n) is 5.48. The lowest BCUT2D eigenvalue weighted by atomic mass is 9.91. The van der Waals surface area contributed by atoms with Crippen molar-refractivity contribution in [2.45, 2.75) is 26.3 Å². The van der Waals surface area contributed by atoms with Crippen LogP contribution in [0.2, 0.25) is 0 Å². The van der Waals surface area contributed by atoms with Crippen LogP contribution < -0.4 is 10.6 Å². The summed E-state index contributed by atoms with van der Waals surface area (Å²) in [4.78, 5) is 10.7. The number of H-pyrrole nitrogens is 1. The van der Waals surface area contributed by atoms with Crippen LogP contribution in [0.25, 0.3) is 22.4 Å². The second kappa shape index (κ2) is 7.17. The molecule has 3 N–H and O–H groups in total. The monoisotopic (exact) mass is 379 g/mol. The predicted octanol–water partition coefficient (Wildman–Crippen LogP) is 2.84. The second-order valence-corrected chi connectivity index (χ2v) is 7.59. The number of aromatic nitrogens is 4. The standard InChI is InChI=1S/C20H22FN7/c1-11(2)16(23)12-5-7-28(10-12)20-13(9-22)8-15(21)18(25-20)17-14-4-3-6-24-19(14)27-26-17/h3-4,6,8,11-12,16H,5,7,10,23H2,1-2H3,(H,24,26,27)/t12-,16?/m0/s1. The van der Waals surface area contributed by atoms with Crippen molar-refractivity contribution < 1.29 is 4.39 Å². The highest BCUT2D eigenvalue weighted by atomic mass is 19.1. The topological polar surface area (TPSA) is 108 Å². The number of halogens is 1. The zero-order chi connectivity index (χ0) is 19.8. The van der Waals surface area contributed by atoms with Gasteiger partial charge in [-0.05, 0) is 36.5 Å². The van der Waals surface area contributed by atoms with Gasteiger partial charge in [0.25, 0.3) is 0 Å². The molecule has 0 spiro atoms. The first-order valence-electron chi connectivity index (χ1n) is 9.40. The molecule has 1 aliphatic heterocycles. The molecule has 28 heavy (non-hydrogen) atoms. The van der Waals surface area contributed by atoms with Crippen LogP contribution in [0.4, 0.5) is 10.2 Å². The van der Waals surface area contributed by atoms with Crippen molar-refractivity contribution in [1.82, 2.24) is 20.2 Å². The summed E-state index contributed by atoms with van der Waals surface area (Å²) in [7, 11) is 0. The van der Waals surface area contributed by atoms with Gasteiger partial charge >= 0.3 is 0 Å². The second-order valence-electron chi connectivity index (χ2n) is 7.59. The van der Waals surface area contributed by atoms with Gasteiger partial charge in [-0.3, -0.25) is 5.10 Å². The molecule has 1 fully saturated rings. The van der Waals surface area contributed by atoms with Gasteiger partial charge in [-0.25, -0.2) is 14.4 Å². The molecule has 0 radical (unpaired) electrons. The van der Waals surface area contributed by atoms with E-state index < -0.39 is 5.82 Å². The van der Waals surface area contributed by atoms with E-state index in [1.165, 1.54) is 6.07 Å². The molecule has 3 aromatic rings. The van der Waals surface area contributed by atoms with Gasteiger partial charge in [0.2, 0.25) is 0 Å². The van der Waals surface area contributed by atoms with Crippen LogP contribution in [0.1, 0.15) is 25.8 Å². The Morgan fingerprint density at radius 2 is 2.25 bits per heavy atom. The Morgan fingerprint density at radius 1 is 1.43 bits per heavy atom. The van der Waals surface area contributed by atoms with Crippen molar-refractivity contribution >= 4 is 16.9 Å². The lowest BCUT2D eigenvalue weighted by Gasteiger charge is -2.24. The first kappa shape index (κ1) is 18.3. The minimum Gasteiger partial charge on any atom is -0.355 e. The van der Waals surface area contributed by atoms with E-state index in [0.29, 0.717) is 40.9 Å². The van der Waals surface area contributed by atoms with Crippen LogP contribution in [0, 0.1) is 29.0 Å². The number of nitrogens with zero attached hydrogens (tertiary/aromatic N) is 5. The molecule has 0 bridgehead atoms. The van der Waals surface area contributed by atoms with E-state index in [0.717, 1.165) is 13.0 Å². The lowest BCUT2D eigenvalue weighted by Crippen LogP contribution is -2.37. The third kappa shape index (κ3) is 3.08. The molecular weight excluding hydrogens is 357 g/mol. The molecule has 7 nitrogen and oxygen atoms in total. The minimum absolute atomic E-state index is 0.0816. The van der Waals surface area contributed by atoms with E-state index in [1.807, 2.05) is 11.0 Å². The number of hydrogen-bond acceptors (Lipinski definition) is 6. The normalized spacial score (nSPS) is 18.0. The Balaban J connectivity index is 1.75. The van der Waals surface area contributed by atoms with Crippen LogP contribution in [0.15, 0.2) is 24.4 Å². The van der Waals surface area contributed by atoms with Gasteiger partial charge < -0.3 is 10.6 Å². The van der Waals surface area contributed by atoms with E-state index in [4.69, 9.17) is 5.73 Å². The first-order chi connectivity index (χ1) is 13.5. The van der Waals surface area contributed by atoms with Gasteiger partial charge in [-0.2, -0.15) is 10.4 Å². The molecule has 2 atom stereocenters. The van der Waals surface area contributed by atoms with E-state index in [2.05, 4.69) is 40.1 Å². The number of fused-ring (bicyclic) bond motifs is 1. The number of aromatic amines is 1. The Kier molecular flexibility index (Phi) is 4.69. The van der Waals surface area contributed by atoms with Crippen LogP contribution >= 0.6 is 0 Å². The maximum absolute atomic E-state index is 14.8. The molecule has 4 heterocycles. The van der Waals surface area contributed by atoms with Crippen molar-refractivity contribution in [2.24, 2.45) is 17.6 Å². The lowest BCUT2D eigenvalue weighted by molar-refractivity contribution is 0.365. The Bertz CT molecular complexity index is 1050. The molecule has 0 aliphatic carbocycles. The number of nitriles is 1. The number of pyridine rings is 2. The number of nitrogens with one attached hydrogen (secondary N) is 1. The van der Waals surface area contributed by atoms with Crippen molar-refractivity contribution in [3.05, 3.63) is 35.8 Å². The summed E-state index contributed by atoms with van der Waals surface area (Å²) in [5.41, 5.74) is 7.65. The molecule has 144 valence electrons. The zero-order valence-corrected chi connectivity index (χ0v) is 15.9. The molecule has 1 aliphatic rings. The molecular formula is C20H22FN7. The zero-order valence-electron chi connectivity index (χ0n) is 15.9.